The molecular weight excluding hydrogens is 518 g/mol. The summed E-state index contributed by atoms with van der Waals surface area (Å²) in [5.41, 5.74) is 5.62. The summed E-state index contributed by atoms with van der Waals surface area (Å²) in [4.78, 5) is 36.3. The lowest BCUT2D eigenvalue weighted by Gasteiger charge is -2.33. The van der Waals surface area contributed by atoms with Crippen molar-refractivity contribution in [2.24, 2.45) is 0 Å². The first kappa shape index (κ1) is 26.0. The third kappa shape index (κ3) is 5.28. The molecule has 11 heteroatoms. The first-order valence-electron chi connectivity index (χ1n) is 14.5. The van der Waals surface area contributed by atoms with Gasteiger partial charge in [0, 0.05) is 55.4 Å². The van der Waals surface area contributed by atoms with E-state index in [9.17, 15) is 4.79 Å². The molecule has 7 rings (SSSR count). The molecule has 11 nitrogen and oxygen atoms in total. The van der Waals surface area contributed by atoms with E-state index in [1.165, 1.54) is 0 Å². The van der Waals surface area contributed by atoms with Gasteiger partial charge in [-0.2, -0.15) is 0 Å². The number of hydrogen-bond acceptors (Lipinski definition) is 9. The standard InChI is InChI=1S/C30H35N9O2/c1-20-7-8-21(35-25(40)17-38-13-12-37-11-9-22(38)16-37)15-24(20)36-29-23(5-4-10-31-29)27-28-30(33-18-32-27)39(19-34-28)26-6-2-3-14-41-26/h4-5,7-8,10,15,18-19,22,26H,2-3,6,9,11-14,16-17H2,1H3,(H,31,36)(H,35,40). The van der Waals surface area contributed by atoms with E-state index in [0.29, 0.717) is 29.6 Å². The minimum absolute atomic E-state index is 0.0135. The van der Waals surface area contributed by atoms with Crippen LogP contribution >= 0.6 is 0 Å². The molecule has 3 saturated heterocycles. The fourth-order valence-electron chi connectivity index (χ4n) is 6.22. The van der Waals surface area contributed by atoms with Crippen molar-refractivity contribution in [2.75, 3.05) is 50.0 Å². The van der Waals surface area contributed by atoms with E-state index in [1.807, 2.05) is 41.8 Å². The molecule has 212 valence electrons. The highest BCUT2D eigenvalue weighted by molar-refractivity contribution is 5.94. The van der Waals surface area contributed by atoms with Gasteiger partial charge in [-0.3, -0.25) is 14.3 Å². The molecule has 3 aliphatic rings. The minimum atomic E-state index is -0.0636. The fourth-order valence-corrected chi connectivity index (χ4v) is 6.22. The molecule has 3 fully saturated rings. The largest absolute Gasteiger partial charge is 0.358 e. The predicted octanol–water partition coefficient (Wildman–Crippen LogP) is 3.97. The minimum Gasteiger partial charge on any atom is -0.358 e. The molecular formula is C30H35N9O2. The molecule has 0 saturated carbocycles. The third-order valence-electron chi connectivity index (χ3n) is 8.48. The van der Waals surface area contributed by atoms with Crippen LogP contribution in [0.1, 0.15) is 37.5 Å². The van der Waals surface area contributed by atoms with Crippen molar-refractivity contribution in [1.82, 2.24) is 34.3 Å². The number of fused-ring (bicyclic) bond motifs is 3. The lowest BCUT2D eigenvalue weighted by atomic mass is 10.1. The van der Waals surface area contributed by atoms with Crippen LogP contribution in [0.2, 0.25) is 0 Å². The number of nitrogens with zero attached hydrogens (tertiary/aromatic N) is 7. The van der Waals surface area contributed by atoms with Crippen LogP contribution in [0.15, 0.2) is 49.2 Å². The topological polar surface area (TPSA) is 113 Å². The molecule has 4 aromatic rings. The molecule has 3 aliphatic heterocycles. The van der Waals surface area contributed by atoms with Gasteiger partial charge in [-0.25, -0.2) is 19.9 Å². The summed E-state index contributed by atoms with van der Waals surface area (Å²) in [5.74, 6) is 0.668. The van der Waals surface area contributed by atoms with E-state index < -0.39 is 0 Å². The van der Waals surface area contributed by atoms with E-state index in [2.05, 4.69) is 35.4 Å². The number of carbonyl (C=O) groups is 1. The smallest absolute Gasteiger partial charge is 0.238 e. The van der Waals surface area contributed by atoms with Gasteiger partial charge in [0.2, 0.25) is 5.91 Å². The molecule has 0 radical (unpaired) electrons. The zero-order chi connectivity index (χ0) is 27.8. The molecule has 6 heterocycles. The van der Waals surface area contributed by atoms with Crippen molar-refractivity contribution in [2.45, 2.75) is 44.9 Å². The van der Waals surface area contributed by atoms with Gasteiger partial charge >= 0.3 is 0 Å². The van der Waals surface area contributed by atoms with Gasteiger partial charge in [0.15, 0.2) is 5.65 Å². The second-order valence-electron chi connectivity index (χ2n) is 11.2. The number of hydrogen-bond donors (Lipinski definition) is 2. The Balaban J connectivity index is 1.12. The maximum Gasteiger partial charge on any atom is 0.238 e. The number of rotatable bonds is 7. The number of amides is 1. The number of ether oxygens (including phenoxy) is 1. The molecule has 0 aliphatic carbocycles. The number of aromatic nitrogens is 5. The zero-order valence-electron chi connectivity index (χ0n) is 23.3. The molecule has 3 aromatic heterocycles. The van der Waals surface area contributed by atoms with Gasteiger partial charge in [-0.15, -0.1) is 0 Å². The number of imidazole rings is 1. The van der Waals surface area contributed by atoms with Crippen molar-refractivity contribution in [3.8, 4) is 11.3 Å². The van der Waals surface area contributed by atoms with Gasteiger partial charge in [-0.1, -0.05) is 6.07 Å². The van der Waals surface area contributed by atoms with Crippen LogP contribution in [-0.2, 0) is 9.53 Å². The number of piperazine rings is 1. The van der Waals surface area contributed by atoms with Crippen molar-refractivity contribution >= 4 is 34.3 Å². The quantitative estimate of drug-likeness (QED) is 0.351. The Kier molecular flexibility index (Phi) is 7.07. The second kappa shape index (κ2) is 11.2. The summed E-state index contributed by atoms with van der Waals surface area (Å²) in [7, 11) is 0. The van der Waals surface area contributed by atoms with Crippen LogP contribution in [0.3, 0.4) is 0 Å². The molecule has 1 amide bonds. The Morgan fingerprint density at radius 1 is 1.07 bits per heavy atom. The summed E-state index contributed by atoms with van der Waals surface area (Å²) >= 11 is 0. The van der Waals surface area contributed by atoms with Crippen LogP contribution in [0.4, 0.5) is 17.2 Å². The molecule has 0 spiro atoms. The lowest BCUT2D eigenvalue weighted by molar-refractivity contribution is -0.118. The maximum atomic E-state index is 13.0. The van der Waals surface area contributed by atoms with Gasteiger partial charge in [-0.05, 0) is 69.0 Å². The number of benzene rings is 1. The van der Waals surface area contributed by atoms with Crippen LogP contribution in [0, 0.1) is 6.92 Å². The number of pyridine rings is 1. The Hall–Kier alpha value is -3.93. The van der Waals surface area contributed by atoms with Crippen molar-refractivity contribution < 1.29 is 9.53 Å². The molecule has 2 bridgehead atoms. The van der Waals surface area contributed by atoms with E-state index in [-0.39, 0.29) is 12.1 Å². The average molecular weight is 554 g/mol. The zero-order valence-corrected chi connectivity index (χ0v) is 23.3. The molecule has 3 unspecified atom stereocenters. The highest BCUT2D eigenvalue weighted by Gasteiger charge is 2.33. The Bertz CT molecular complexity index is 1560. The summed E-state index contributed by atoms with van der Waals surface area (Å²) in [6.45, 7) is 7.40. The third-order valence-corrected chi connectivity index (χ3v) is 8.48. The van der Waals surface area contributed by atoms with Crippen LogP contribution in [-0.4, -0.2) is 85.6 Å². The molecule has 1 aromatic carbocycles. The summed E-state index contributed by atoms with van der Waals surface area (Å²) in [6, 6.07) is 10.3. The first-order valence-corrected chi connectivity index (χ1v) is 14.5. The summed E-state index contributed by atoms with van der Waals surface area (Å²) in [5, 5.41) is 6.60. The maximum absolute atomic E-state index is 13.0. The molecule has 41 heavy (non-hydrogen) atoms. The highest BCUT2D eigenvalue weighted by Crippen LogP contribution is 2.34. The van der Waals surface area contributed by atoms with Crippen molar-refractivity contribution in [3.63, 3.8) is 0 Å². The summed E-state index contributed by atoms with van der Waals surface area (Å²) in [6.07, 6.45) is 9.34. The van der Waals surface area contributed by atoms with Crippen LogP contribution in [0.25, 0.3) is 22.4 Å². The lowest BCUT2D eigenvalue weighted by Crippen LogP contribution is -2.49. The predicted molar refractivity (Wildman–Crippen MR) is 157 cm³/mol. The van der Waals surface area contributed by atoms with Crippen molar-refractivity contribution in [1.29, 1.82) is 0 Å². The van der Waals surface area contributed by atoms with Crippen molar-refractivity contribution in [3.05, 3.63) is 54.7 Å². The first-order chi connectivity index (χ1) is 20.1. The van der Waals surface area contributed by atoms with E-state index >= 15 is 0 Å². The highest BCUT2D eigenvalue weighted by atomic mass is 16.5. The Morgan fingerprint density at radius 3 is 2.93 bits per heavy atom. The summed E-state index contributed by atoms with van der Waals surface area (Å²) < 4.78 is 8.00. The molecule has 3 atom stereocenters. The van der Waals surface area contributed by atoms with Gasteiger partial charge in [0.05, 0.1) is 12.9 Å². The fraction of sp³-hybridized carbons (Fsp3) is 0.433. The Morgan fingerprint density at radius 2 is 2.02 bits per heavy atom. The number of anilines is 3. The van der Waals surface area contributed by atoms with E-state index in [0.717, 1.165) is 86.6 Å². The van der Waals surface area contributed by atoms with E-state index in [4.69, 9.17) is 9.72 Å². The number of aryl methyl sites for hydroxylation is 1. The number of carbonyl (C=O) groups excluding carboxylic acids is 1. The number of nitrogens with one attached hydrogen (secondary N) is 2. The van der Waals surface area contributed by atoms with Gasteiger partial charge in [0.1, 0.15) is 29.6 Å². The normalized spacial score (nSPS) is 22.6. The monoisotopic (exact) mass is 553 g/mol. The van der Waals surface area contributed by atoms with Crippen LogP contribution < -0.4 is 10.6 Å². The Labute approximate surface area is 239 Å². The van der Waals surface area contributed by atoms with Crippen LogP contribution in [0.5, 0.6) is 0 Å². The average Bonchev–Trinajstić information content (AvgIpc) is 3.61. The van der Waals surface area contributed by atoms with Gasteiger partial charge in [0.25, 0.3) is 0 Å². The second-order valence-corrected chi connectivity index (χ2v) is 11.2. The van der Waals surface area contributed by atoms with Gasteiger partial charge < -0.3 is 20.3 Å². The van der Waals surface area contributed by atoms with E-state index in [1.54, 1.807) is 18.9 Å². The SMILES string of the molecule is Cc1ccc(NC(=O)CN2CCN3CCC2C3)cc1Nc1ncccc1-c1ncnc2c1ncn2C1CCCCO1. The molecule has 2 N–H and O–H groups in total.